The number of carbonyl (C=O) groups excluding carboxylic acids is 1. The third-order valence-electron chi connectivity index (χ3n) is 7.58. The first kappa shape index (κ1) is 30.4. The van der Waals surface area contributed by atoms with E-state index in [9.17, 15) is 14.9 Å². The lowest BCUT2D eigenvalue weighted by Crippen LogP contribution is -2.33. The van der Waals surface area contributed by atoms with E-state index in [2.05, 4.69) is 17.9 Å². The molecule has 0 spiro atoms. The van der Waals surface area contributed by atoms with E-state index in [0.29, 0.717) is 27.9 Å². The highest BCUT2D eigenvalue weighted by molar-refractivity contribution is 8.26. The van der Waals surface area contributed by atoms with Gasteiger partial charge in [-0.2, -0.15) is 5.26 Å². The van der Waals surface area contributed by atoms with Crippen LogP contribution in [0.1, 0.15) is 114 Å². The maximum atomic E-state index is 13.4. The minimum atomic E-state index is -0.237. The molecular formula is C30H44N4O2S2. The fourth-order valence-corrected chi connectivity index (χ4v) is 6.72. The van der Waals surface area contributed by atoms with E-state index >= 15 is 0 Å². The largest absolute Gasteiger partial charge is 0.357 e. The zero-order chi connectivity index (χ0) is 27.5. The van der Waals surface area contributed by atoms with Gasteiger partial charge in [-0.25, -0.2) is 0 Å². The molecule has 0 aliphatic carbocycles. The van der Waals surface area contributed by atoms with Crippen molar-refractivity contribution in [2.45, 2.75) is 111 Å². The van der Waals surface area contributed by atoms with Gasteiger partial charge in [0.25, 0.3) is 11.5 Å². The summed E-state index contributed by atoms with van der Waals surface area (Å²) in [6.07, 6.45) is 17.3. The second-order valence-electron chi connectivity index (χ2n) is 10.5. The maximum absolute atomic E-state index is 13.4. The molecule has 2 aliphatic rings. The number of anilines is 1. The monoisotopic (exact) mass is 556 g/mol. The van der Waals surface area contributed by atoms with Gasteiger partial charge in [-0.05, 0) is 44.2 Å². The van der Waals surface area contributed by atoms with Gasteiger partial charge in [0.2, 0.25) is 0 Å². The van der Waals surface area contributed by atoms with Crippen molar-refractivity contribution >= 4 is 46.1 Å². The Hall–Kier alpha value is -2.11. The van der Waals surface area contributed by atoms with Gasteiger partial charge in [-0.1, -0.05) is 95.6 Å². The Balaban J connectivity index is 1.72. The van der Waals surface area contributed by atoms with E-state index < -0.39 is 0 Å². The number of unbranched alkanes of at least 4 members (excludes halogenated alkanes) is 9. The van der Waals surface area contributed by atoms with Crippen LogP contribution >= 0.6 is 24.0 Å². The minimum Gasteiger partial charge on any atom is -0.357 e. The van der Waals surface area contributed by atoms with Crippen LogP contribution in [0.2, 0.25) is 0 Å². The summed E-state index contributed by atoms with van der Waals surface area (Å²) in [4.78, 5) is 31.1. The van der Waals surface area contributed by atoms with Crippen LogP contribution < -0.4 is 10.5 Å². The molecule has 2 saturated heterocycles. The molecule has 0 saturated carbocycles. The van der Waals surface area contributed by atoms with Crippen molar-refractivity contribution in [3.05, 3.63) is 31.9 Å². The number of hydrogen-bond acceptors (Lipinski definition) is 6. The number of rotatable bonds is 15. The number of nitriles is 1. The maximum Gasteiger partial charge on any atom is 0.270 e. The van der Waals surface area contributed by atoms with E-state index in [0.717, 1.165) is 56.6 Å². The Bertz CT molecular complexity index is 1110. The molecule has 0 bridgehead atoms. The van der Waals surface area contributed by atoms with Crippen molar-refractivity contribution in [2.75, 3.05) is 24.5 Å². The predicted molar refractivity (Wildman–Crippen MR) is 164 cm³/mol. The zero-order valence-electron chi connectivity index (χ0n) is 23.5. The lowest BCUT2D eigenvalue weighted by molar-refractivity contribution is -0.122. The summed E-state index contributed by atoms with van der Waals surface area (Å²) in [5.74, 6) is 0.778. The second-order valence-corrected chi connectivity index (χ2v) is 12.2. The quantitative estimate of drug-likeness (QED) is 0.130. The van der Waals surface area contributed by atoms with E-state index in [1.165, 1.54) is 63.1 Å². The standard InChI is InChI=1S/C30H44N4O2S2/c1-4-6-7-8-9-10-11-12-13-14-20-34-29(36)26(38-30(34)37)21-24-23(3)25(22-31)28(35)33(17-5-2)27(24)32-18-15-16-19-32/h21H,4-20H2,1-3H3. The van der Waals surface area contributed by atoms with Crippen LogP contribution in [0, 0.1) is 18.3 Å². The molecule has 38 heavy (non-hydrogen) atoms. The van der Waals surface area contributed by atoms with Gasteiger partial charge < -0.3 is 4.90 Å². The smallest absolute Gasteiger partial charge is 0.270 e. The Kier molecular flexibility index (Phi) is 12.4. The number of aromatic nitrogens is 1. The number of carbonyl (C=O) groups is 1. The first-order valence-electron chi connectivity index (χ1n) is 14.6. The highest BCUT2D eigenvalue weighted by Gasteiger charge is 2.33. The van der Waals surface area contributed by atoms with Crippen LogP contribution in [0.15, 0.2) is 9.70 Å². The van der Waals surface area contributed by atoms with Gasteiger partial charge in [0.15, 0.2) is 0 Å². The molecular weight excluding hydrogens is 512 g/mol. The molecule has 0 aromatic carbocycles. The van der Waals surface area contributed by atoms with Crippen LogP contribution in [-0.2, 0) is 11.3 Å². The predicted octanol–water partition coefficient (Wildman–Crippen LogP) is 7.16. The van der Waals surface area contributed by atoms with Crippen molar-refractivity contribution in [2.24, 2.45) is 0 Å². The van der Waals surface area contributed by atoms with Crippen LogP contribution in [-0.4, -0.2) is 39.3 Å². The zero-order valence-corrected chi connectivity index (χ0v) is 25.2. The van der Waals surface area contributed by atoms with E-state index in [-0.39, 0.29) is 17.0 Å². The third kappa shape index (κ3) is 7.51. The normalized spacial score (nSPS) is 16.7. The van der Waals surface area contributed by atoms with Crippen molar-refractivity contribution in [3.8, 4) is 6.07 Å². The molecule has 0 unspecified atom stereocenters. The minimum absolute atomic E-state index is 0.0607. The fourth-order valence-electron chi connectivity index (χ4n) is 5.43. The van der Waals surface area contributed by atoms with E-state index in [1.807, 2.05) is 19.9 Å². The average molecular weight is 557 g/mol. The number of hydrogen-bond donors (Lipinski definition) is 0. The van der Waals surface area contributed by atoms with Crippen molar-refractivity contribution in [3.63, 3.8) is 0 Å². The highest BCUT2D eigenvalue weighted by Crippen LogP contribution is 2.36. The first-order valence-corrected chi connectivity index (χ1v) is 15.8. The summed E-state index contributed by atoms with van der Waals surface area (Å²) in [5, 5.41) is 9.79. The topological polar surface area (TPSA) is 69.3 Å². The number of thioether (sulfide) groups is 1. The molecule has 208 valence electrons. The lowest BCUT2D eigenvalue weighted by atomic mass is 10.0. The van der Waals surface area contributed by atoms with Gasteiger partial charge in [-0.3, -0.25) is 19.1 Å². The van der Waals surface area contributed by atoms with Crippen LogP contribution in [0.4, 0.5) is 5.82 Å². The molecule has 0 radical (unpaired) electrons. The Morgan fingerprint density at radius 2 is 1.53 bits per heavy atom. The van der Waals surface area contributed by atoms with Crippen LogP contribution in [0.25, 0.3) is 6.08 Å². The molecule has 2 aliphatic heterocycles. The number of amides is 1. The molecule has 1 aromatic heterocycles. The molecule has 3 rings (SSSR count). The van der Waals surface area contributed by atoms with E-state index in [4.69, 9.17) is 12.2 Å². The molecule has 3 heterocycles. The summed E-state index contributed by atoms with van der Waals surface area (Å²) in [6, 6.07) is 2.13. The third-order valence-corrected chi connectivity index (χ3v) is 8.96. The molecule has 6 nitrogen and oxygen atoms in total. The highest BCUT2D eigenvalue weighted by atomic mass is 32.2. The van der Waals surface area contributed by atoms with E-state index in [1.54, 1.807) is 9.47 Å². The summed E-state index contributed by atoms with van der Waals surface area (Å²) in [7, 11) is 0. The fraction of sp³-hybridized carbons (Fsp3) is 0.667. The molecule has 0 atom stereocenters. The van der Waals surface area contributed by atoms with Crippen molar-refractivity contribution in [1.82, 2.24) is 9.47 Å². The molecule has 2 fully saturated rings. The molecule has 0 N–H and O–H groups in total. The summed E-state index contributed by atoms with van der Waals surface area (Å²) < 4.78 is 2.34. The van der Waals surface area contributed by atoms with Crippen LogP contribution in [0.3, 0.4) is 0 Å². The van der Waals surface area contributed by atoms with Gasteiger partial charge >= 0.3 is 0 Å². The van der Waals surface area contributed by atoms with Gasteiger partial charge in [0.05, 0.1) is 4.91 Å². The van der Waals surface area contributed by atoms with Crippen molar-refractivity contribution in [1.29, 1.82) is 5.26 Å². The summed E-state index contributed by atoms with van der Waals surface area (Å²) in [5.41, 5.74) is 1.37. The Labute approximate surface area is 238 Å². The average Bonchev–Trinajstić information content (AvgIpc) is 3.52. The number of pyridine rings is 1. The SMILES string of the molecule is CCCCCCCCCCCCN1C(=O)C(=Cc2c(C)c(C#N)c(=O)n(CCC)c2N2CCCC2)SC1=S. The Morgan fingerprint density at radius 1 is 0.921 bits per heavy atom. The van der Waals surface area contributed by atoms with Crippen LogP contribution in [0.5, 0.6) is 0 Å². The summed E-state index contributed by atoms with van der Waals surface area (Å²) in [6.45, 7) is 9.04. The van der Waals surface area contributed by atoms with Gasteiger partial charge in [-0.15, -0.1) is 0 Å². The summed E-state index contributed by atoms with van der Waals surface area (Å²) >= 11 is 6.93. The second kappa shape index (κ2) is 15.5. The van der Waals surface area contributed by atoms with Gasteiger partial charge in [0, 0.05) is 31.7 Å². The molecule has 1 amide bonds. The van der Waals surface area contributed by atoms with Crippen molar-refractivity contribution < 1.29 is 4.79 Å². The first-order chi connectivity index (χ1) is 18.4. The Morgan fingerprint density at radius 3 is 2.11 bits per heavy atom. The lowest BCUT2D eigenvalue weighted by Gasteiger charge is -2.26. The number of nitrogens with zero attached hydrogens (tertiary/aromatic N) is 4. The number of thiocarbonyl (C=S) groups is 1. The molecule has 1 aromatic rings. The van der Waals surface area contributed by atoms with Gasteiger partial charge in [0.1, 0.15) is 21.8 Å². The molecule has 8 heteroatoms.